The monoisotopic (exact) mass is 289 g/mol. The minimum atomic E-state index is 0.410. The van der Waals surface area contributed by atoms with Crippen LogP contribution in [-0.4, -0.2) is 52.7 Å². The van der Waals surface area contributed by atoms with Crippen LogP contribution in [0, 0.1) is 6.92 Å². The van der Waals surface area contributed by atoms with Crippen molar-refractivity contribution in [2.75, 3.05) is 31.1 Å². The Morgan fingerprint density at radius 1 is 1.33 bits per heavy atom. The van der Waals surface area contributed by atoms with Crippen LogP contribution in [0.4, 0.5) is 5.95 Å². The maximum absolute atomic E-state index is 6.01. The Hall–Kier alpha value is -1.33. The summed E-state index contributed by atoms with van der Waals surface area (Å²) >= 11 is 0. The third-order valence-corrected chi connectivity index (χ3v) is 4.74. The molecule has 5 nitrogen and oxygen atoms in total. The van der Waals surface area contributed by atoms with Gasteiger partial charge in [-0.1, -0.05) is 6.08 Å². The van der Waals surface area contributed by atoms with Crippen LogP contribution < -0.4 is 10.6 Å². The van der Waals surface area contributed by atoms with E-state index in [4.69, 9.17) is 10.7 Å². The molecule has 1 aromatic heterocycles. The topological polar surface area (TPSA) is 50.3 Å². The zero-order valence-corrected chi connectivity index (χ0v) is 13.0. The summed E-state index contributed by atoms with van der Waals surface area (Å²) in [6.45, 7) is 11.2. The molecule has 21 heavy (non-hydrogen) atoms. The van der Waals surface area contributed by atoms with Crippen LogP contribution in [0.1, 0.15) is 25.0 Å². The summed E-state index contributed by atoms with van der Waals surface area (Å²) in [6, 6.07) is 1.07. The van der Waals surface area contributed by atoms with Crippen molar-refractivity contribution < 1.29 is 0 Å². The molecule has 0 spiro atoms. The van der Waals surface area contributed by atoms with Crippen LogP contribution in [0.5, 0.6) is 0 Å². The van der Waals surface area contributed by atoms with Gasteiger partial charge in [-0.05, 0) is 39.3 Å². The largest absolute Gasteiger partial charge is 0.341 e. The van der Waals surface area contributed by atoms with Crippen molar-refractivity contribution in [3.63, 3.8) is 0 Å². The highest BCUT2D eigenvalue weighted by atomic mass is 15.3. The molecule has 2 N–H and O–H groups in total. The number of imidazole rings is 1. The number of aromatic nitrogens is 2. The fourth-order valence-corrected chi connectivity index (χ4v) is 3.57. The molecule has 2 aliphatic heterocycles. The quantitative estimate of drug-likeness (QED) is 0.851. The molecule has 0 saturated carbocycles. The molecule has 0 aliphatic carbocycles. The van der Waals surface area contributed by atoms with E-state index in [-0.39, 0.29) is 0 Å². The van der Waals surface area contributed by atoms with Gasteiger partial charge < -0.3 is 15.2 Å². The highest BCUT2D eigenvalue weighted by Gasteiger charge is 2.31. The van der Waals surface area contributed by atoms with E-state index >= 15 is 0 Å². The fraction of sp³-hybridized carbons (Fsp3) is 0.688. The number of hydrogen-bond acceptors (Lipinski definition) is 4. The number of anilines is 1. The number of nitrogens with zero attached hydrogens (tertiary/aromatic N) is 4. The first kappa shape index (κ1) is 14.6. The van der Waals surface area contributed by atoms with E-state index in [2.05, 4.69) is 34.1 Å². The average molecular weight is 289 g/mol. The van der Waals surface area contributed by atoms with Crippen LogP contribution in [0.25, 0.3) is 0 Å². The second-order valence-corrected chi connectivity index (χ2v) is 6.39. The van der Waals surface area contributed by atoms with Gasteiger partial charge in [-0.25, -0.2) is 4.98 Å². The van der Waals surface area contributed by atoms with Gasteiger partial charge in [0.05, 0.1) is 5.69 Å². The number of likely N-dealkylation sites (tertiary alicyclic amines) is 1. The summed E-state index contributed by atoms with van der Waals surface area (Å²) in [7, 11) is 0. The maximum Gasteiger partial charge on any atom is 0.206 e. The molecule has 2 aliphatic rings. The zero-order valence-electron chi connectivity index (χ0n) is 13.0. The second kappa shape index (κ2) is 6.20. The van der Waals surface area contributed by atoms with Gasteiger partial charge in [0.1, 0.15) is 0 Å². The molecule has 1 aromatic rings. The number of allylic oxidation sites excluding steroid dienone is 1. The van der Waals surface area contributed by atoms with Gasteiger partial charge >= 0.3 is 0 Å². The van der Waals surface area contributed by atoms with Gasteiger partial charge in [0.15, 0.2) is 0 Å². The summed E-state index contributed by atoms with van der Waals surface area (Å²) in [4.78, 5) is 9.75. The van der Waals surface area contributed by atoms with Gasteiger partial charge in [-0.3, -0.25) is 4.90 Å². The number of nitrogens with two attached hydrogens (primary N) is 1. The third kappa shape index (κ3) is 3.14. The van der Waals surface area contributed by atoms with E-state index in [1.807, 2.05) is 6.08 Å². The Morgan fingerprint density at radius 3 is 2.81 bits per heavy atom. The molecular formula is C16H27N5. The lowest BCUT2D eigenvalue weighted by molar-refractivity contribution is 0.163. The highest BCUT2D eigenvalue weighted by Crippen LogP contribution is 2.24. The Bertz CT molecular complexity index is 487. The Kier molecular flexibility index (Phi) is 4.31. The van der Waals surface area contributed by atoms with Gasteiger partial charge in [-0.15, -0.1) is 6.58 Å². The maximum atomic E-state index is 6.01. The summed E-state index contributed by atoms with van der Waals surface area (Å²) in [6.07, 6.45) is 7.56. The zero-order chi connectivity index (χ0) is 14.8. The highest BCUT2D eigenvalue weighted by molar-refractivity contribution is 5.36. The number of rotatable bonds is 4. The number of aryl methyl sites for hydroxylation is 1. The minimum absolute atomic E-state index is 0.410. The molecule has 1 atom stereocenters. The summed E-state index contributed by atoms with van der Waals surface area (Å²) < 4.78 is 2.21. The molecule has 2 saturated heterocycles. The van der Waals surface area contributed by atoms with E-state index in [1.54, 1.807) is 0 Å². The Morgan fingerprint density at radius 2 is 2.10 bits per heavy atom. The van der Waals surface area contributed by atoms with Crippen molar-refractivity contribution in [3.05, 3.63) is 24.5 Å². The van der Waals surface area contributed by atoms with Gasteiger partial charge in [0, 0.05) is 37.9 Å². The first-order chi connectivity index (χ1) is 10.2. The normalized spacial score (nSPS) is 24.7. The molecule has 2 fully saturated rings. The van der Waals surface area contributed by atoms with E-state index in [1.165, 1.54) is 6.42 Å². The Labute approximate surface area is 127 Å². The molecule has 5 heteroatoms. The predicted octanol–water partition coefficient (Wildman–Crippen LogP) is 1.38. The van der Waals surface area contributed by atoms with E-state index in [0.29, 0.717) is 12.1 Å². The summed E-state index contributed by atoms with van der Waals surface area (Å²) in [5.41, 5.74) is 7.09. The van der Waals surface area contributed by atoms with Gasteiger partial charge in [-0.2, -0.15) is 0 Å². The third-order valence-electron chi connectivity index (χ3n) is 4.74. The van der Waals surface area contributed by atoms with Crippen LogP contribution in [-0.2, 0) is 6.54 Å². The van der Waals surface area contributed by atoms with E-state index in [9.17, 15) is 0 Å². The van der Waals surface area contributed by atoms with Crippen molar-refractivity contribution in [3.8, 4) is 0 Å². The standard InChI is InChI=1S/C16H27N5/c1-3-7-20-11-13(2)18-16(20)21-10-6-15(12-21)19-8-4-14(17)5-9-19/h3,11,14-15H,1,4-10,12,17H2,2H3. The van der Waals surface area contributed by atoms with Crippen molar-refractivity contribution in [2.24, 2.45) is 5.73 Å². The van der Waals surface area contributed by atoms with Crippen molar-refractivity contribution in [1.82, 2.24) is 14.5 Å². The first-order valence-electron chi connectivity index (χ1n) is 8.06. The molecule has 0 radical (unpaired) electrons. The van der Waals surface area contributed by atoms with E-state index < -0.39 is 0 Å². The minimum Gasteiger partial charge on any atom is -0.341 e. The van der Waals surface area contributed by atoms with Crippen molar-refractivity contribution in [2.45, 2.75) is 44.8 Å². The number of piperidine rings is 1. The summed E-state index contributed by atoms with van der Waals surface area (Å²) in [5.74, 6) is 1.10. The lowest BCUT2D eigenvalue weighted by atomic mass is 10.0. The fourth-order valence-electron chi connectivity index (χ4n) is 3.57. The smallest absolute Gasteiger partial charge is 0.206 e. The molecule has 1 unspecified atom stereocenters. The van der Waals surface area contributed by atoms with Gasteiger partial charge in [0.2, 0.25) is 5.95 Å². The molecular weight excluding hydrogens is 262 g/mol. The van der Waals surface area contributed by atoms with Crippen LogP contribution in [0.3, 0.4) is 0 Å². The average Bonchev–Trinajstić information content (AvgIpc) is 3.07. The van der Waals surface area contributed by atoms with Crippen LogP contribution in [0.15, 0.2) is 18.9 Å². The number of hydrogen-bond donors (Lipinski definition) is 1. The first-order valence-corrected chi connectivity index (χ1v) is 8.06. The van der Waals surface area contributed by atoms with Crippen LogP contribution in [0.2, 0.25) is 0 Å². The molecule has 0 aromatic carbocycles. The predicted molar refractivity (Wildman–Crippen MR) is 86.6 cm³/mol. The molecule has 3 heterocycles. The molecule has 0 amide bonds. The van der Waals surface area contributed by atoms with Crippen molar-refractivity contribution in [1.29, 1.82) is 0 Å². The SMILES string of the molecule is C=CCn1cc(C)nc1N1CCC(N2CCC(N)CC2)C1. The van der Waals surface area contributed by atoms with Crippen LogP contribution >= 0.6 is 0 Å². The molecule has 0 bridgehead atoms. The van der Waals surface area contributed by atoms with E-state index in [0.717, 1.165) is 57.2 Å². The molecule has 3 rings (SSSR count). The molecule has 116 valence electrons. The lowest BCUT2D eigenvalue weighted by Crippen LogP contribution is -2.46. The second-order valence-electron chi connectivity index (χ2n) is 6.39. The lowest BCUT2D eigenvalue weighted by Gasteiger charge is -2.34. The van der Waals surface area contributed by atoms with Gasteiger partial charge in [0.25, 0.3) is 0 Å². The van der Waals surface area contributed by atoms with Crippen molar-refractivity contribution >= 4 is 5.95 Å². The summed E-state index contributed by atoms with van der Waals surface area (Å²) in [5, 5.41) is 0. The Balaban J connectivity index is 1.65.